The van der Waals surface area contributed by atoms with E-state index < -0.39 is 16.0 Å². The molecule has 28 heavy (non-hydrogen) atoms. The lowest BCUT2D eigenvalue weighted by Crippen LogP contribution is -2.14. The first-order valence-corrected chi connectivity index (χ1v) is 11.5. The third kappa shape index (κ3) is 5.02. The van der Waals surface area contributed by atoms with Crippen molar-refractivity contribution < 1.29 is 17.9 Å². The van der Waals surface area contributed by atoms with E-state index in [2.05, 4.69) is 19.7 Å². The molecule has 0 bridgehead atoms. The first-order valence-electron chi connectivity index (χ1n) is 7.80. The molecule has 7 nitrogen and oxygen atoms in total. The second-order valence-electron chi connectivity index (χ2n) is 5.39. The highest BCUT2D eigenvalue weighted by atomic mass is 35.5. The average molecular weight is 456 g/mol. The van der Waals surface area contributed by atoms with Gasteiger partial charge in [0.05, 0.1) is 17.7 Å². The Morgan fingerprint density at radius 3 is 2.68 bits per heavy atom. The molecule has 1 heterocycles. The molecule has 146 valence electrons. The molecule has 0 spiro atoms. The van der Waals surface area contributed by atoms with Gasteiger partial charge < -0.3 is 4.74 Å². The van der Waals surface area contributed by atoms with Crippen LogP contribution in [0.3, 0.4) is 0 Å². The molecule has 1 N–H and O–H groups in total. The minimum Gasteiger partial charge on any atom is -0.465 e. The van der Waals surface area contributed by atoms with Crippen LogP contribution < -0.4 is 4.72 Å². The molecular weight excluding hydrogens is 442 g/mol. The molecule has 0 fully saturated rings. The lowest BCUT2D eigenvalue weighted by atomic mass is 10.2. The van der Waals surface area contributed by atoms with E-state index in [0.717, 1.165) is 23.0 Å². The average Bonchev–Trinajstić information content (AvgIpc) is 3.13. The zero-order chi connectivity index (χ0) is 20.1. The number of aromatic nitrogens is 2. The van der Waals surface area contributed by atoms with Crippen molar-refractivity contribution in [2.45, 2.75) is 15.0 Å². The Morgan fingerprint density at radius 1 is 1.21 bits per heavy atom. The molecule has 1 aromatic heterocycles. The number of nitrogens with one attached hydrogen (secondary N) is 1. The van der Waals surface area contributed by atoms with Crippen molar-refractivity contribution in [3.8, 4) is 0 Å². The van der Waals surface area contributed by atoms with E-state index in [1.165, 1.54) is 31.0 Å². The van der Waals surface area contributed by atoms with Crippen LogP contribution >= 0.6 is 34.7 Å². The number of carbonyl (C=O) groups is 1. The largest absolute Gasteiger partial charge is 0.465 e. The van der Waals surface area contributed by atoms with Gasteiger partial charge in [0.1, 0.15) is 4.90 Å². The Balaban J connectivity index is 1.74. The number of rotatable bonds is 7. The van der Waals surface area contributed by atoms with Crippen LogP contribution in [0.5, 0.6) is 0 Å². The Bertz CT molecular complexity index is 1090. The van der Waals surface area contributed by atoms with Gasteiger partial charge in [0.2, 0.25) is 5.13 Å². The number of benzene rings is 2. The molecule has 3 rings (SSSR count). The Hall–Kier alpha value is -2.14. The summed E-state index contributed by atoms with van der Waals surface area (Å²) in [5.41, 5.74) is 1.19. The summed E-state index contributed by atoms with van der Waals surface area (Å²) in [5, 5.41) is 7.94. The molecule has 0 saturated carbocycles. The lowest BCUT2D eigenvalue weighted by Gasteiger charge is -2.08. The summed E-state index contributed by atoms with van der Waals surface area (Å²) in [6.07, 6.45) is 0. The zero-order valence-electron chi connectivity index (χ0n) is 14.5. The van der Waals surface area contributed by atoms with E-state index in [4.69, 9.17) is 11.6 Å². The maximum atomic E-state index is 12.7. The summed E-state index contributed by atoms with van der Waals surface area (Å²) in [4.78, 5) is 11.4. The number of anilines is 1. The first kappa shape index (κ1) is 20.6. The van der Waals surface area contributed by atoms with Crippen LogP contribution in [0.4, 0.5) is 5.13 Å². The summed E-state index contributed by atoms with van der Waals surface area (Å²) < 4.78 is 32.9. The van der Waals surface area contributed by atoms with Crippen LogP contribution in [0.25, 0.3) is 0 Å². The van der Waals surface area contributed by atoms with Gasteiger partial charge in [-0.3, -0.25) is 4.72 Å². The fraction of sp³-hybridized carbons (Fsp3) is 0.118. The number of sulfonamides is 1. The minimum atomic E-state index is -4.05. The third-order valence-corrected chi connectivity index (χ3v) is 7.47. The Morgan fingerprint density at radius 2 is 1.96 bits per heavy atom. The highest BCUT2D eigenvalue weighted by Crippen LogP contribution is 2.31. The molecule has 3 aromatic rings. The van der Waals surface area contributed by atoms with Crippen LogP contribution in [-0.2, 0) is 20.5 Å². The van der Waals surface area contributed by atoms with Gasteiger partial charge in [-0.05, 0) is 23.8 Å². The van der Waals surface area contributed by atoms with Crippen molar-refractivity contribution in [2.24, 2.45) is 0 Å². The van der Waals surface area contributed by atoms with Gasteiger partial charge in [-0.25, -0.2) is 13.2 Å². The van der Waals surface area contributed by atoms with Crippen LogP contribution in [0, 0.1) is 0 Å². The number of halogens is 1. The number of ether oxygens (including phenoxy) is 1. The Kier molecular flexibility index (Phi) is 6.55. The molecule has 0 atom stereocenters. The van der Waals surface area contributed by atoms with Gasteiger partial charge in [0.25, 0.3) is 10.0 Å². The van der Waals surface area contributed by atoms with E-state index in [0.29, 0.717) is 10.1 Å². The van der Waals surface area contributed by atoms with Crippen LogP contribution in [0.2, 0.25) is 5.02 Å². The monoisotopic (exact) mass is 455 g/mol. The summed E-state index contributed by atoms with van der Waals surface area (Å²) >= 11 is 8.57. The number of carbonyl (C=O) groups excluding carboxylic acids is 1. The van der Waals surface area contributed by atoms with E-state index in [9.17, 15) is 13.2 Å². The fourth-order valence-corrected chi connectivity index (χ4v) is 5.62. The van der Waals surface area contributed by atoms with E-state index >= 15 is 0 Å². The lowest BCUT2D eigenvalue weighted by molar-refractivity contribution is 0.0600. The highest BCUT2D eigenvalue weighted by molar-refractivity contribution is 8.00. The molecule has 0 aliphatic carbocycles. The molecular formula is C17H14ClN3O4S3. The van der Waals surface area contributed by atoms with Crippen molar-refractivity contribution >= 4 is 55.8 Å². The first-order chi connectivity index (χ1) is 13.4. The van der Waals surface area contributed by atoms with Gasteiger partial charge in [-0.15, -0.1) is 10.2 Å². The summed E-state index contributed by atoms with van der Waals surface area (Å²) in [5.74, 6) is 0.0264. The standard InChI is InChI=1S/C17H14ClN3O4S3/c1-25-15(22)12-7-8-13(18)14(9-12)28(23,24)21-16-19-20-17(27-16)26-10-11-5-3-2-4-6-11/h2-9H,10H2,1H3,(H,19,21). The summed E-state index contributed by atoms with van der Waals surface area (Å²) in [6.45, 7) is 0. The smallest absolute Gasteiger partial charge is 0.337 e. The van der Waals surface area contributed by atoms with Crippen molar-refractivity contribution in [3.63, 3.8) is 0 Å². The number of hydrogen-bond acceptors (Lipinski definition) is 8. The van der Waals surface area contributed by atoms with Crippen LogP contribution in [-0.4, -0.2) is 31.7 Å². The van der Waals surface area contributed by atoms with E-state index in [-0.39, 0.29) is 20.6 Å². The Labute approximate surface area is 175 Å². The number of thioether (sulfide) groups is 1. The second kappa shape index (κ2) is 8.91. The van der Waals surface area contributed by atoms with Crippen molar-refractivity contribution in [1.82, 2.24) is 10.2 Å². The normalized spacial score (nSPS) is 11.2. The van der Waals surface area contributed by atoms with Crippen LogP contribution in [0.15, 0.2) is 57.8 Å². The zero-order valence-corrected chi connectivity index (χ0v) is 17.7. The van der Waals surface area contributed by atoms with Gasteiger partial charge >= 0.3 is 5.97 Å². The number of methoxy groups -OCH3 is 1. The second-order valence-corrected chi connectivity index (χ2v) is 9.65. The minimum absolute atomic E-state index is 0.0247. The SMILES string of the molecule is COC(=O)c1ccc(Cl)c(S(=O)(=O)Nc2nnc(SCc3ccccc3)s2)c1. The predicted octanol–water partition coefficient (Wildman–Crippen LogP) is 4.07. The van der Waals surface area contributed by atoms with Crippen molar-refractivity contribution in [1.29, 1.82) is 0 Å². The fourth-order valence-electron chi connectivity index (χ4n) is 2.15. The van der Waals surface area contributed by atoms with Gasteiger partial charge in [0.15, 0.2) is 4.34 Å². The molecule has 0 aliphatic heterocycles. The molecule has 0 amide bonds. The van der Waals surface area contributed by atoms with Crippen molar-refractivity contribution in [3.05, 3.63) is 64.7 Å². The predicted molar refractivity (Wildman–Crippen MR) is 110 cm³/mol. The van der Waals surface area contributed by atoms with Crippen molar-refractivity contribution in [2.75, 3.05) is 11.8 Å². The maximum Gasteiger partial charge on any atom is 0.337 e. The summed E-state index contributed by atoms with van der Waals surface area (Å²) in [6, 6.07) is 13.7. The van der Waals surface area contributed by atoms with Crippen LogP contribution in [0.1, 0.15) is 15.9 Å². The van der Waals surface area contributed by atoms with Gasteiger partial charge in [-0.2, -0.15) is 0 Å². The highest BCUT2D eigenvalue weighted by Gasteiger charge is 2.22. The van der Waals surface area contributed by atoms with E-state index in [1.54, 1.807) is 0 Å². The van der Waals surface area contributed by atoms with Gasteiger partial charge in [0, 0.05) is 5.75 Å². The molecule has 2 aromatic carbocycles. The number of hydrogen-bond donors (Lipinski definition) is 1. The topological polar surface area (TPSA) is 98.2 Å². The quantitative estimate of drug-likeness (QED) is 0.423. The molecule has 11 heteroatoms. The number of esters is 1. The third-order valence-electron chi connectivity index (χ3n) is 3.48. The molecule has 0 unspecified atom stereocenters. The van der Waals surface area contributed by atoms with Gasteiger partial charge in [-0.1, -0.05) is 65.0 Å². The molecule has 0 aliphatic rings. The maximum absolute atomic E-state index is 12.7. The van der Waals surface area contributed by atoms with E-state index in [1.807, 2.05) is 30.3 Å². The summed E-state index contributed by atoms with van der Waals surface area (Å²) in [7, 11) is -2.85. The molecule has 0 radical (unpaired) electrons. The number of nitrogens with zero attached hydrogens (tertiary/aromatic N) is 2. The molecule has 0 saturated heterocycles.